The van der Waals surface area contributed by atoms with Crippen LogP contribution < -0.4 is 0 Å². The number of hydrogen-bond acceptors (Lipinski definition) is 4. The standard InChI is InChI=1S/C20H26O4/c1(3-10-21-17-9-2-4-11-22-17)6-13-7-5-8-14-18-15(23-19(13)14)12-16-20(18)24-16/h5,7-8,14-15,17-19H,1-4,6,9-12H2/t14?,15-,17?,18-,19?/m1/s1. The maximum Gasteiger partial charge on any atom is 0.157 e. The Kier molecular flexibility index (Phi) is 4.00. The smallest absolute Gasteiger partial charge is 0.157 e. The molecule has 0 aromatic carbocycles. The molecule has 130 valence electrons. The van der Waals surface area contributed by atoms with Gasteiger partial charge in [0.05, 0.1) is 18.1 Å². The van der Waals surface area contributed by atoms with E-state index in [1.54, 1.807) is 0 Å². The van der Waals surface area contributed by atoms with Gasteiger partial charge in [-0.1, -0.05) is 18.2 Å². The Morgan fingerprint density at radius 2 is 2.21 bits per heavy atom. The maximum absolute atomic E-state index is 6.36. The summed E-state index contributed by atoms with van der Waals surface area (Å²) in [4.78, 5) is 0. The molecule has 3 heterocycles. The fraction of sp³-hybridized carbons (Fsp3) is 0.700. The highest BCUT2D eigenvalue weighted by molar-refractivity contribution is 5.38. The topological polar surface area (TPSA) is 40.2 Å². The van der Waals surface area contributed by atoms with Gasteiger partial charge in [-0.2, -0.15) is 0 Å². The summed E-state index contributed by atoms with van der Waals surface area (Å²) >= 11 is 0. The lowest BCUT2D eigenvalue weighted by atomic mass is 9.81. The summed E-state index contributed by atoms with van der Waals surface area (Å²) in [6.45, 7) is 1.66. The van der Waals surface area contributed by atoms with Crippen LogP contribution >= 0.6 is 0 Å². The zero-order chi connectivity index (χ0) is 15.9. The molecule has 0 radical (unpaired) electrons. The third kappa shape index (κ3) is 2.75. The Bertz CT molecular complexity index is 584. The zero-order valence-electron chi connectivity index (χ0n) is 14.1. The van der Waals surface area contributed by atoms with E-state index in [2.05, 4.69) is 18.2 Å². The summed E-state index contributed by atoms with van der Waals surface area (Å²) < 4.78 is 23.4. The molecule has 4 nitrogen and oxygen atoms in total. The van der Waals surface area contributed by atoms with Gasteiger partial charge in [-0.15, -0.1) is 0 Å². The Hall–Kier alpha value is -1.10. The third-order valence-corrected chi connectivity index (χ3v) is 5.95. The van der Waals surface area contributed by atoms with E-state index in [9.17, 15) is 0 Å². The van der Waals surface area contributed by atoms with Crippen LogP contribution in [0.1, 0.15) is 44.9 Å². The first kappa shape index (κ1) is 15.2. The van der Waals surface area contributed by atoms with E-state index in [1.165, 1.54) is 29.9 Å². The first-order valence-corrected chi connectivity index (χ1v) is 9.57. The van der Waals surface area contributed by atoms with Crippen molar-refractivity contribution in [1.29, 1.82) is 0 Å². The van der Waals surface area contributed by atoms with Gasteiger partial charge < -0.3 is 18.9 Å². The zero-order valence-corrected chi connectivity index (χ0v) is 14.1. The average molecular weight is 330 g/mol. The van der Waals surface area contributed by atoms with Crippen molar-refractivity contribution < 1.29 is 18.9 Å². The van der Waals surface area contributed by atoms with Crippen LogP contribution in [-0.4, -0.2) is 31.7 Å². The van der Waals surface area contributed by atoms with Gasteiger partial charge in [0, 0.05) is 25.6 Å². The Morgan fingerprint density at radius 1 is 1.21 bits per heavy atom. The first-order chi connectivity index (χ1) is 11.9. The van der Waals surface area contributed by atoms with Crippen molar-refractivity contribution in [2.45, 2.75) is 63.4 Å². The summed E-state index contributed by atoms with van der Waals surface area (Å²) in [5, 5.41) is 0. The molecule has 2 saturated heterocycles. The van der Waals surface area contributed by atoms with Crippen molar-refractivity contribution >= 4 is 0 Å². The van der Waals surface area contributed by atoms with E-state index in [4.69, 9.17) is 18.9 Å². The number of hydrogen-bond donors (Lipinski definition) is 0. The SMILES string of the molecule is C1=CC2C(O[C@@H]3CC4=C(O4)[C@H]23)C(CCCCOC2CCCCO2)=C1. The lowest BCUT2D eigenvalue weighted by Crippen LogP contribution is -2.23. The second kappa shape index (κ2) is 6.32. The number of ether oxygens (including phenoxy) is 4. The van der Waals surface area contributed by atoms with Crippen molar-refractivity contribution in [2.75, 3.05) is 13.2 Å². The quantitative estimate of drug-likeness (QED) is 0.694. The monoisotopic (exact) mass is 330 g/mol. The highest BCUT2D eigenvalue weighted by Crippen LogP contribution is 2.57. The summed E-state index contributed by atoms with van der Waals surface area (Å²) in [7, 11) is 0. The van der Waals surface area contributed by atoms with Crippen molar-refractivity contribution in [3.8, 4) is 0 Å². The van der Waals surface area contributed by atoms with Gasteiger partial charge in [0.1, 0.15) is 11.5 Å². The van der Waals surface area contributed by atoms with Crippen LogP contribution in [0.5, 0.6) is 0 Å². The molecule has 0 bridgehead atoms. The minimum atomic E-state index is 0.0403. The van der Waals surface area contributed by atoms with Crippen molar-refractivity contribution in [3.05, 3.63) is 35.3 Å². The number of allylic oxidation sites excluding steroid dienone is 2. The van der Waals surface area contributed by atoms with E-state index in [-0.39, 0.29) is 12.4 Å². The number of fused-ring (bicyclic) bond motifs is 4. The first-order valence-electron chi connectivity index (χ1n) is 9.57. The van der Waals surface area contributed by atoms with E-state index < -0.39 is 0 Å². The van der Waals surface area contributed by atoms with Gasteiger partial charge in [-0.3, -0.25) is 0 Å². The molecule has 5 rings (SSSR count). The summed E-state index contributed by atoms with van der Waals surface area (Å²) in [6.07, 6.45) is 15.3. The Labute approximate surface area is 143 Å². The van der Waals surface area contributed by atoms with Gasteiger partial charge in [-0.05, 0) is 44.1 Å². The van der Waals surface area contributed by atoms with E-state index in [1.807, 2.05) is 0 Å². The van der Waals surface area contributed by atoms with Gasteiger partial charge in [0.15, 0.2) is 6.29 Å². The van der Waals surface area contributed by atoms with Crippen molar-refractivity contribution in [1.82, 2.24) is 0 Å². The largest absolute Gasteiger partial charge is 0.458 e. The van der Waals surface area contributed by atoms with E-state index >= 15 is 0 Å². The molecular formula is C20H26O4. The molecular weight excluding hydrogens is 304 g/mol. The van der Waals surface area contributed by atoms with Crippen molar-refractivity contribution in [3.63, 3.8) is 0 Å². The average Bonchev–Trinajstić information content (AvgIpc) is 3.12. The molecule has 5 atom stereocenters. The minimum Gasteiger partial charge on any atom is -0.458 e. The van der Waals surface area contributed by atoms with Gasteiger partial charge in [0.25, 0.3) is 0 Å². The third-order valence-electron chi connectivity index (χ3n) is 5.95. The van der Waals surface area contributed by atoms with Crippen LogP contribution in [0.15, 0.2) is 35.3 Å². The number of unbranched alkanes of at least 4 members (excludes halogenated alkanes) is 1. The van der Waals surface area contributed by atoms with Crippen LogP contribution in [0.25, 0.3) is 0 Å². The molecule has 2 fully saturated rings. The van der Waals surface area contributed by atoms with Gasteiger partial charge in [0.2, 0.25) is 0 Å². The van der Waals surface area contributed by atoms with E-state index in [0.29, 0.717) is 17.9 Å². The molecule has 5 aliphatic rings. The van der Waals surface area contributed by atoms with Crippen LogP contribution in [0.2, 0.25) is 0 Å². The molecule has 0 N–H and O–H groups in total. The van der Waals surface area contributed by atoms with Crippen LogP contribution in [0.3, 0.4) is 0 Å². The Morgan fingerprint density at radius 3 is 3.12 bits per heavy atom. The predicted octanol–water partition coefficient (Wildman–Crippen LogP) is 3.84. The summed E-state index contributed by atoms with van der Waals surface area (Å²) in [6, 6.07) is 0. The fourth-order valence-electron chi connectivity index (χ4n) is 4.68. The van der Waals surface area contributed by atoms with Gasteiger partial charge in [-0.25, -0.2) is 0 Å². The van der Waals surface area contributed by atoms with Crippen molar-refractivity contribution in [2.24, 2.45) is 11.8 Å². The van der Waals surface area contributed by atoms with Gasteiger partial charge >= 0.3 is 0 Å². The van der Waals surface area contributed by atoms with Crippen LogP contribution in [0.4, 0.5) is 0 Å². The maximum atomic E-state index is 6.36. The summed E-state index contributed by atoms with van der Waals surface area (Å²) in [5.41, 5.74) is 1.45. The molecule has 2 aliphatic carbocycles. The molecule has 24 heavy (non-hydrogen) atoms. The molecule has 3 unspecified atom stereocenters. The van der Waals surface area contributed by atoms with E-state index in [0.717, 1.165) is 45.3 Å². The summed E-state index contributed by atoms with van der Waals surface area (Å²) in [5.74, 6) is 3.41. The highest BCUT2D eigenvalue weighted by Gasteiger charge is 2.57. The number of rotatable bonds is 6. The molecule has 4 heteroatoms. The predicted molar refractivity (Wildman–Crippen MR) is 89.0 cm³/mol. The van der Waals surface area contributed by atoms with Crippen LogP contribution in [0, 0.1) is 11.8 Å². The lowest BCUT2D eigenvalue weighted by Gasteiger charge is -2.24. The molecule has 3 aliphatic heterocycles. The second-order valence-corrected chi connectivity index (χ2v) is 7.54. The lowest BCUT2D eigenvalue weighted by molar-refractivity contribution is -0.162. The second-order valence-electron chi connectivity index (χ2n) is 7.54. The fourth-order valence-corrected chi connectivity index (χ4v) is 4.68. The van der Waals surface area contributed by atoms with Crippen LogP contribution in [-0.2, 0) is 18.9 Å². The normalized spacial score (nSPS) is 39.2. The Balaban J connectivity index is 1.08. The molecule has 0 aromatic heterocycles. The molecule has 0 aromatic rings. The molecule has 0 spiro atoms. The highest BCUT2D eigenvalue weighted by atomic mass is 16.7. The molecule has 0 saturated carbocycles. The molecule has 0 amide bonds. The minimum absolute atomic E-state index is 0.0403.